The van der Waals surface area contributed by atoms with E-state index in [0.717, 1.165) is 53.9 Å². The third-order valence-electron chi connectivity index (χ3n) is 9.31. The van der Waals surface area contributed by atoms with E-state index in [2.05, 4.69) is 52.3 Å². The van der Waals surface area contributed by atoms with Crippen molar-refractivity contribution in [2.24, 2.45) is 14.1 Å². The Kier molecular flexibility index (Phi) is 8.57. The minimum absolute atomic E-state index is 0.474. The number of halogens is 2. The molecule has 6 aromatic heterocycles. The van der Waals surface area contributed by atoms with E-state index >= 15 is 0 Å². The number of hydrogen-bond donors (Lipinski definition) is 2. The number of anilines is 2. The molecule has 0 saturated heterocycles. The van der Waals surface area contributed by atoms with E-state index in [4.69, 9.17) is 21.4 Å². The summed E-state index contributed by atoms with van der Waals surface area (Å²) >= 11 is 7.28. The fourth-order valence-corrected chi connectivity index (χ4v) is 8.01. The van der Waals surface area contributed by atoms with Crippen molar-refractivity contribution in [3.63, 3.8) is 0 Å². The second-order valence-electron chi connectivity index (χ2n) is 12.5. The van der Waals surface area contributed by atoms with Crippen LogP contribution in [-0.4, -0.2) is 48.8 Å². The van der Waals surface area contributed by atoms with Crippen molar-refractivity contribution >= 4 is 54.8 Å². The van der Waals surface area contributed by atoms with E-state index in [9.17, 15) is 0 Å². The first-order valence-corrected chi connectivity index (χ1v) is 17.5. The number of aromatic nitrogens is 10. The van der Waals surface area contributed by atoms with E-state index in [1.165, 1.54) is 64.2 Å². The van der Waals surface area contributed by atoms with E-state index in [1.54, 1.807) is 18.4 Å². The van der Waals surface area contributed by atoms with Crippen molar-refractivity contribution < 1.29 is 0 Å². The highest BCUT2D eigenvalue weighted by Gasteiger charge is 2.25. The van der Waals surface area contributed by atoms with Crippen molar-refractivity contribution in [2.75, 3.05) is 11.5 Å². The van der Waals surface area contributed by atoms with Gasteiger partial charge in [0.1, 0.15) is 11.6 Å². The van der Waals surface area contributed by atoms with Crippen molar-refractivity contribution in [1.82, 2.24) is 48.8 Å². The smallest absolute Gasteiger partial charge is 0.165 e. The van der Waals surface area contributed by atoms with Crippen LogP contribution in [0, 0.1) is 0 Å². The van der Waals surface area contributed by atoms with E-state index in [1.807, 2.05) is 51.3 Å². The van der Waals surface area contributed by atoms with Gasteiger partial charge in [0.2, 0.25) is 0 Å². The van der Waals surface area contributed by atoms with Gasteiger partial charge in [-0.05, 0) is 57.5 Å². The Labute approximate surface area is 283 Å². The predicted octanol–water partition coefficient (Wildman–Crippen LogP) is 7.04. The lowest BCUT2D eigenvalue weighted by Gasteiger charge is -2.22. The SMILES string of the molecule is Cn1cc(-c2cnn3c(N)c(Br)c(C4CCCCC4)nc23)cn1.Cn1cc(-c2cnn3c(N)c(Br)c(C4CCCCC4)nc23)cn1. The lowest BCUT2D eigenvalue weighted by atomic mass is 9.87. The molecule has 0 atom stereocenters. The number of fused-ring (bicyclic) bond motifs is 2. The van der Waals surface area contributed by atoms with E-state index < -0.39 is 0 Å². The Morgan fingerprint density at radius 1 is 0.587 bits per heavy atom. The monoisotopic (exact) mass is 748 g/mol. The lowest BCUT2D eigenvalue weighted by molar-refractivity contribution is 0.435. The first-order valence-electron chi connectivity index (χ1n) is 15.9. The molecule has 0 aliphatic heterocycles. The number of hydrogen-bond acceptors (Lipinski definition) is 8. The molecule has 2 aliphatic carbocycles. The molecule has 2 aliphatic rings. The summed E-state index contributed by atoms with van der Waals surface area (Å²) in [5, 5.41) is 17.3. The van der Waals surface area contributed by atoms with Crippen LogP contribution < -0.4 is 11.5 Å². The van der Waals surface area contributed by atoms with Gasteiger partial charge in [-0.1, -0.05) is 38.5 Å². The third kappa shape index (κ3) is 5.70. The first-order chi connectivity index (χ1) is 22.3. The predicted molar refractivity (Wildman–Crippen MR) is 186 cm³/mol. The Hall–Kier alpha value is -3.78. The number of nitrogens with zero attached hydrogens (tertiary/aromatic N) is 10. The summed E-state index contributed by atoms with van der Waals surface area (Å²) in [6.07, 6.45) is 23.6. The van der Waals surface area contributed by atoms with Crippen LogP contribution in [0.5, 0.6) is 0 Å². The van der Waals surface area contributed by atoms with Crippen molar-refractivity contribution in [1.29, 1.82) is 0 Å². The molecule has 0 amide bonds. The molecule has 6 aromatic rings. The topological polar surface area (TPSA) is 148 Å². The average Bonchev–Trinajstić information content (AvgIpc) is 3.88. The molecule has 0 bridgehead atoms. The minimum atomic E-state index is 0.474. The maximum Gasteiger partial charge on any atom is 0.165 e. The molecule has 6 heterocycles. The van der Waals surface area contributed by atoms with Crippen LogP contribution in [0.2, 0.25) is 0 Å². The summed E-state index contributed by atoms with van der Waals surface area (Å²) in [6, 6.07) is 0. The number of nitrogens with two attached hydrogens (primary N) is 2. The van der Waals surface area contributed by atoms with Gasteiger partial charge in [-0.15, -0.1) is 0 Å². The quantitative estimate of drug-likeness (QED) is 0.195. The van der Waals surface area contributed by atoms with Gasteiger partial charge in [0.25, 0.3) is 0 Å². The van der Waals surface area contributed by atoms with Gasteiger partial charge < -0.3 is 11.5 Å². The van der Waals surface area contributed by atoms with E-state index in [0.29, 0.717) is 23.5 Å². The fraction of sp³-hybridized carbons (Fsp3) is 0.438. The number of nitrogen functional groups attached to an aromatic ring is 2. The summed E-state index contributed by atoms with van der Waals surface area (Å²) < 4.78 is 8.75. The van der Waals surface area contributed by atoms with Gasteiger partial charge in [-0.25, -0.2) is 9.97 Å². The molecule has 0 aromatic carbocycles. The highest BCUT2D eigenvalue weighted by atomic mass is 79.9. The van der Waals surface area contributed by atoms with Crippen LogP contribution in [0.4, 0.5) is 11.6 Å². The zero-order valence-corrected chi connectivity index (χ0v) is 29.2. The van der Waals surface area contributed by atoms with Crippen LogP contribution >= 0.6 is 31.9 Å². The van der Waals surface area contributed by atoms with Crippen LogP contribution in [0.25, 0.3) is 33.5 Å². The molecule has 4 N–H and O–H groups in total. The normalized spacial score (nSPS) is 16.3. The molecule has 0 spiro atoms. The fourth-order valence-electron chi connectivity index (χ4n) is 6.85. The van der Waals surface area contributed by atoms with Gasteiger partial charge in [0.15, 0.2) is 11.3 Å². The number of rotatable bonds is 4. The molecular weight excluding hydrogens is 712 g/mol. The van der Waals surface area contributed by atoms with Gasteiger partial charge in [-0.2, -0.15) is 29.4 Å². The molecule has 14 heteroatoms. The summed E-state index contributed by atoms with van der Waals surface area (Å²) in [5.74, 6) is 2.18. The zero-order chi connectivity index (χ0) is 31.9. The maximum absolute atomic E-state index is 6.32. The lowest BCUT2D eigenvalue weighted by Crippen LogP contribution is -2.11. The van der Waals surface area contributed by atoms with Crippen LogP contribution in [0.3, 0.4) is 0 Å². The maximum atomic E-state index is 6.32. The molecule has 2 saturated carbocycles. The molecule has 0 radical (unpaired) electrons. The molecule has 240 valence electrons. The van der Waals surface area contributed by atoms with Crippen molar-refractivity contribution in [3.8, 4) is 22.3 Å². The Morgan fingerprint density at radius 3 is 1.33 bits per heavy atom. The molecule has 8 rings (SSSR count). The van der Waals surface area contributed by atoms with Crippen LogP contribution in [0.1, 0.15) is 87.4 Å². The zero-order valence-electron chi connectivity index (χ0n) is 26.1. The second-order valence-corrected chi connectivity index (χ2v) is 14.0. The highest BCUT2D eigenvalue weighted by molar-refractivity contribution is 9.11. The van der Waals surface area contributed by atoms with Gasteiger partial charge in [0, 0.05) is 60.6 Å². The Bertz CT molecular complexity index is 1860. The molecule has 12 nitrogen and oxygen atoms in total. The molecule has 0 unspecified atom stereocenters. The average molecular weight is 751 g/mol. The standard InChI is InChI=1S/2C16H19BrN6/c2*1-22-9-11(7-19-22)12-8-20-23-15(18)13(17)14(21-16(12)23)10-5-3-2-4-6-10/h2*7-10H,2-6,18H2,1H3. The highest BCUT2D eigenvalue weighted by Crippen LogP contribution is 2.40. The van der Waals surface area contributed by atoms with E-state index in [-0.39, 0.29) is 0 Å². The van der Waals surface area contributed by atoms with Crippen molar-refractivity contribution in [2.45, 2.75) is 76.0 Å². The Morgan fingerprint density at radius 2 is 0.978 bits per heavy atom. The van der Waals surface area contributed by atoms with Gasteiger partial charge in [-0.3, -0.25) is 9.36 Å². The number of aryl methyl sites for hydroxylation is 2. The summed E-state index contributed by atoms with van der Waals surface area (Å²) in [5.41, 5.74) is 20.3. The van der Waals surface area contributed by atoms with Crippen LogP contribution in [-0.2, 0) is 14.1 Å². The molecule has 46 heavy (non-hydrogen) atoms. The largest absolute Gasteiger partial charge is 0.383 e. The van der Waals surface area contributed by atoms with Crippen LogP contribution in [0.15, 0.2) is 46.1 Å². The Balaban J connectivity index is 0.000000147. The minimum Gasteiger partial charge on any atom is -0.383 e. The third-order valence-corrected chi connectivity index (χ3v) is 10.9. The summed E-state index contributed by atoms with van der Waals surface area (Å²) in [7, 11) is 3.81. The second kappa shape index (κ2) is 12.8. The van der Waals surface area contributed by atoms with Gasteiger partial charge in [0.05, 0.1) is 45.1 Å². The molecule has 2 fully saturated rings. The molecular formula is C32H38Br2N12. The summed E-state index contributed by atoms with van der Waals surface area (Å²) in [6.45, 7) is 0. The first kappa shape index (κ1) is 30.9. The van der Waals surface area contributed by atoms with Crippen molar-refractivity contribution in [3.05, 3.63) is 57.5 Å². The van der Waals surface area contributed by atoms with Gasteiger partial charge >= 0.3 is 0 Å². The summed E-state index contributed by atoms with van der Waals surface area (Å²) in [4.78, 5) is 9.88.